The lowest BCUT2D eigenvalue weighted by atomic mass is 10.3. The molecule has 0 saturated carbocycles. The highest BCUT2D eigenvalue weighted by molar-refractivity contribution is 7.90. The molecule has 0 radical (unpaired) electrons. The van der Waals surface area contributed by atoms with Crippen LogP contribution in [-0.4, -0.2) is 23.7 Å². The molecular formula is C15H10ClNO5S. The van der Waals surface area contributed by atoms with Gasteiger partial charge in [-0.3, -0.25) is 0 Å². The van der Waals surface area contributed by atoms with Crippen LogP contribution in [0.25, 0.3) is 10.9 Å². The smallest absolute Gasteiger partial charge is 0.449 e. The van der Waals surface area contributed by atoms with Crippen LogP contribution in [0.15, 0.2) is 59.5 Å². The lowest BCUT2D eigenvalue weighted by Gasteiger charge is -2.10. The fourth-order valence-electron chi connectivity index (χ4n) is 2.25. The number of para-hydroxylation sites is 1. The largest absolute Gasteiger partial charge is 0.512 e. The summed E-state index contributed by atoms with van der Waals surface area (Å²) in [4.78, 5) is 10.8. The summed E-state index contributed by atoms with van der Waals surface area (Å²) in [6.45, 7) is 0. The van der Waals surface area contributed by atoms with Crippen LogP contribution in [0.5, 0.6) is 5.88 Å². The maximum atomic E-state index is 12.9. The summed E-state index contributed by atoms with van der Waals surface area (Å²) < 4.78 is 31.3. The van der Waals surface area contributed by atoms with E-state index < -0.39 is 16.2 Å². The first-order chi connectivity index (χ1) is 10.9. The van der Waals surface area contributed by atoms with Gasteiger partial charge in [0.05, 0.1) is 10.4 Å². The standard InChI is InChI=1S/C15H10ClNO5S/c16-11-5-3-6-12(9-11)23(20,21)17-13-7-2-1-4-10(13)8-14(17)22-15(18)19/h1-9H,(H,18,19). The van der Waals surface area contributed by atoms with Crippen LogP contribution in [0.4, 0.5) is 4.79 Å². The Labute approximate surface area is 136 Å². The third kappa shape index (κ3) is 2.76. The maximum Gasteiger partial charge on any atom is 0.512 e. The molecule has 0 aliphatic heterocycles. The summed E-state index contributed by atoms with van der Waals surface area (Å²) in [6.07, 6.45) is -1.60. The van der Waals surface area contributed by atoms with Crippen molar-refractivity contribution in [3.05, 3.63) is 59.6 Å². The molecule has 23 heavy (non-hydrogen) atoms. The molecule has 0 aliphatic rings. The van der Waals surface area contributed by atoms with E-state index >= 15 is 0 Å². The fraction of sp³-hybridized carbons (Fsp3) is 0. The highest BCUT2D eigenvalue weighted by atomic mass is 35.5. The summed E-state index contributed by atoms with van der Waals surface area (Å²) >= 11 is 5.86. The molecule has 0 atom stereocenters. The van der Waals surface area contributed by atoms with Crippen molar-refractivity contribution < 1.29 is 23.1 Å². The van der Waals surface area contributed by atoms with Gasteiger partial charge in [-0.2, -0.15) is 0 Å². The number of carbonyl (C=O) groups is 1. The van der Waals surface area contributed by atoms with Crippen molar-refractivity contribution in [2.75, 3.05) is 0 Å². The van der Waals surface area contributed by atoms with E-state index in [0.717, 1.165) is 3.97 Å². The molecule has 2 aromatic carbocycles. The van der Waals surface area contributed by atoms with Gasteiger partial charge >= 0.3 is 6.16 Å². The first-order valence-electron chi connectivity index (χ1n) is 6.42. The zero-order chi connectivity index (χ0) is 16.6. The van der Waals surface area contributed by atoms with Gasteiger partial charge in [0.2, 0.25) is 5.88 Å². The predicted molar refractivity (Wildman–Crippen MR) is 84.6 cm³/mol. The third-order valence-electron chi connectivity index (χ3n) is 3.16. The van der Waals surface area contributed by atoms with E-state index in [1.165, 1.54) is 24.3 Å². The van der Waals surface area contributed by atoms with Gasteiger partial charge in [0.1, 0.15) is 0 Å². The number of ether oxygens (including phenoxy) is 1. The molecule has 3 rings (SSSR count). The van der Waals surface area contributed by atoms with Crippen LogP contribution in [-0.2, 0) is 10.0 Å². The number of benzene rings is 2. The molecule has 3 aromatic rings. The molecule has 0 fully saturated rings. The summed E-state index contributed by atoms with van der Waals surface area (Å²) in [5.74, 6) is -0.307. The second-order valence-corrected chi connectivity index (χ2v) is 6.86. The lowest BCUT2D eigenvalue weighted by molar-refractivity contribution is 0.142. The number of fused-ring (bicyclic) bond motifs is 1. The van der Waals surface area contributed by atoms with Crippen molar-refractivity contribution in [2.24, 2.45) is 0 Å². The summed E-state index contributed by atoms with van der Waals surface area (Å²) in [7, 11) is -4.08. The van der Waals surface area contributed by atoms with Crippen LogP contribution in [0.2, 0.25) is 5.02 Å². The Kier molecular flexibility index (Phi) is 3.75. The van der Waals surface area contributed by atoms with Crippen molar-refractivity contribution in [1.82, 2.24) is 3.97 Å². The molecule has 0 bridgehead atoms. The Hall–Kier alpha value is -2.51. The van der Waals surface area contributed by atoms with Gasteiger partial charge in [-0.15, -0.1) is 0 Å². The Morgan fingerprint density at radius 1 is 1.09 bits per heavy atom. The minimum atomic E-state index is -4.08. The molecule has 0 amide bonds. The number of nitrogens with zero attached hydrogens (tertiary/aromatic N) is 1. The van der Waals surface area contributed by atoms with Crippen molar-refractivity contribution in [3.8, 4) is 5.88 Å². The van der Waals surface area contributed by atoms with E-state index in [1.807, 2.05) is 0 Å². The Morgan fingerprint density at radius 2 is 1.83 bits per heavy atom. The molecule has 0 unspecified atom stereocenters. The number of rotatable bonds is 3. The predicted octanol–water partition coefficient (Wildman–Crippen LogP) is 3.59. The average Bonchev–Trinajstić information content (AvgIpc) is 2.84. The van der Waals surface area contributed by atoms with Crippen molar-refractivity contribution >= 4 is 38.7 Å². The first-order valence-corrected chi connectivity index (χ1v) is 8.24. The Morgan fingerprint density at radius 3 is 2.52 bits per heavy atom. The van der Waals surface area contributed by atoms with Gasteiger partial charge in [0, 0.05) is 16.5 Å². The van der Waals surface area contributed by atoms with Crippen LogP contribution in [0, 0.1) is 0 Å². The molecule has 0 aliphatic carbocycles. The number of aromatic nitrogens is 1. The van der Waals surface area contributed by atoms with Gasteiger partial charge in [-0.25, -0.2) is 17.2 Å². The second-order valence-electron chi connectivity index (χ2n) is 4.64. The number of hydrogen-bond acceptors (Lipinski definition) is 4. The average molecular weight is 352 g/mol. The molecular weight excluding hydrogens is 342 g/mol. The van der Waals surface area contributed by atoms with Gasteiger partial charge in [-0.1, -0.05) is 35.9 Å². The fourth-order valence-corrected chi connectivity index (χ4v) is 3.99. The summed E-state index contributed by atoms with van der Waals surface area (Å²) in [5, 5.41) is 9.63. The Bertz CT molecular complexity index is 1010. The van der Waals surface area contributed by atoms with Crippen LogP contribution < -0.4 is 4.74 Å². The van der Waals surface area contributed by atoms with E-state index in [9.17, 15) is 13.2 Å². The van der Waals surface area contributed by atoms with Crippen LogP contribution in [0.3, 0.4) is 0 Å². The molecule has 0 spiro atoms. The molecule has 1 aromatic heterocycles. The summed E-state index contributed by atoms with van der Waals surface area (Å²) in [5.41, 5.74) is 0.309. The van der Waals surface area contributed by atoms with Crippen molar-refractivity contribution in [2.45, 2.75) is 4.90 Å². The van der Waals surface area contributed by atoms with Gasteiger partial charge in [0.25, 0.3) is 10.0 Å². The van der Waals surface area contributed by atoms with Gasteiger partial charge in [-0.05, 0) is 24.3 Å². The molecule has 6 nitrogen and oxygen atoms in total. The van der Waals surface area contributed by atoms with E-state index in [-0.39, 0.29) is 15.8 Å². The van der Waals surface area contributed by atoms with E-state index in [4.69, 9.17) is 16.7 Å². The number of halogens is 1. The molecule has 1 heterocycles. The normalized spacial score (nSPS) is 11.5. The van der Waals surface area contributed by atoms with Gasteiger partial charge in [0.15, 0.2) is 0 Å². The monoisotopic (exact) mass is 351 g/mol. The minimum Gasteiger partial charge on any atom is -0.449 e. The zero-order valence-electron chi connectivity index (χ0n) is 11.5. The third-order valence-corrected chi connectivity index (χ3v) is 5.10. The maximum absolute atomic E-state index is 12.9. The summed E-state index contributed by atoms with van der Waals surface area (Å²) in [6, 6.07) is 13.6. The topological polar surface area (TPSA) is 85.6 Å². The lowest BCUT2D eigenvalue weighted by Crippen LogP contribution is -2.16. The second kappa shape index (κ2) is 5.60. The van der Waals surface area contributed by atoms with Gasteiger partial charge < -0.3 is 9.84 Å². The Balaban J connectivity index is 2.31. The molecule has 8 heteroatoms. The quantitative estimate of drug-likeness (QED) is 0.729. The zero-order valence-corrected chi connectivity index (χ0v) is 13.1. The van der Waals surface area contributed by atoms with E-state index in [0.29, 0.717) is 10.9 Å². The number of carboxylic acid groups (broad SMARTS) is 1. The molecule has 1 N–H and O–H groups in total. The SMILES string of the molecule is O=C(O)Oc1cc2ccccc2n1S(=O)(=O)c1cccc(Cl)c1. The van der Waals surface area contributed by atoms with Crippen molar-refractivity contribution in [3.63, 3.8) is 0 Å². The van der Waals surface area contributed by atoms with E-state index in [1.54, 1.807) is 30.3 Å². The minimum absolute atomic E-state index is 0.0680. The highest BCUT2D eigenvalue weighted by Crippen LogP contribution is 2.31. The van der Waals surface area contributed by atoms with E-state index in [2.05, 4.69) is 4.74 Å². The van der Waals surface area contributed by atoms with Crippen LogP contribution in [0.1, 0.15) is 0 Å². The van der Waals surface area contributed by atoms with Crippen molar-refractivity contribution in [1.29, 1.82) is 0 Å². The first kappa shape index (κ1) is 15.4. The van der Waals surface area contributed by atoms with Crippen LogP contribution >= 0.6 is 11.6 Å². The molecule has 118 valence electrons. The highest BCUT2D eigenvalue weighted by Gasteiger charge is 2.25. The molecule has 0 saturated heterocycles. The number of hydrogen-bond donors (Lipinski definition) is 1.